The Bertz CT molecular complexity index is 395. The van der Waals surface area contributed by atoms with Crippen molar-refractivity contribution >= 4 is 0 Å². The van der Waals surface area contributed by atoms with Crippen LogP contribution in [0.1, 0.15) is 41.5 Å². The number of nitrogens with two attached hydrogens (primary N) is 1. The van der Waals surface area contributed by atoms with Gasteiger partial charge in [0, 0.05) is 45.8 Å². The number of aliphatic hydroxyl groups is 3. The fourth-order valence-corrected chi connectivity index (χ4v) is 3.18. The van der Waals surface area contributed by atoms with Crippen molar-refractivity contribution in [1.29, 1.82) is 0 Å². The number of ether oxygens (including phenoxy) is 3. The van der Waals surface area contributed by atoms with Gasteiger partial charge in [0.15, 0.2) is 0 Å². The Labute approximate surface area is 189 Å². The minimum Gasteiger partial charge on any atom is -0.391 e. The molecule has 0 aromatic rings. The highest BCUT2D eigenvalue weighted by Crippen LogP contribution is 2.05. The van der Waals surface area contributed by atoms with Crippen molar-refractivity contribution in [1.82, 2.24) is 9.80 Å². The molecule has 0 saturated heterocycles. The lowest BCUT2D eigenvalue weighted by Gasteiger charge is -2.32. The van der Waals surface area contributed by atoms with Gasteiger partial charge in [-0.25, -0.2) is 0 Å². The largest absolute Gasteiger partial charge is 0.391 e. The van der Waals surface area contributed by atoms with Crippen LogP contribution in [0, 0.1) is 0 Å². The van der Waals surface area contributed by atoms with Crippen LogP contribution in [0.25, 0.3) is 0 Å². The van der Waals surface area contributed by atoms with Crippen LogP contribution in [0.2, 0.25) is 0 Å². The molecule has 5 N–H and O–H groups in total. The summed E-state index contributed by atoms with van der Waals surface area (Å²) in [5, 5.41) is 28.4. The summed E-state index contributed by atoms with van der Waals surface area (Å²) < 4.78 is 17.2. The van der Waals surface area contributed by atoms with E-state index in [4.69, 9.17) is 19.9 Å². The molecule has 0 rings (SSSR count). The third kappa shape index (κ3) is 18.9. The lowest BCUT2D eigenvalue weighted by molar-refractivity contribution is -0.0348. The molecule has 0 amide bonds. The van der Waals surface area contributed by atoms with Crippen molar-refractivity contribution in [2.75, 3.05) is 65.6 Å². The van der Waals surface area contributed by atoms with Crippen molar-refractivity contribution in [2.45, 2.75) is 78.2 Å². The maximum Gasteiger partial charge on any atom is 0.0745 e. The molecule has 188 valence electrons. The van der Waals surface area contributed by atoms with Gasteiger partial charge in [0.05, 0.1) is 56.4 Å². The van der Waals surface area contributed by atoms with Gasteiger partial charge in [-0.2, -0.15) is 0 Å². The molecule has 0 heterocycles. The third-order valence-electron chi connectivity index (χ3n) is 4.59. The SMILES string of the molecule is CC(O)COC(C)CN(CCN)CCN(CC(C)OCC(C)O)CC(C)OCC(C)O. The summed E-state index contributed by atoms with van der Waals surface area (Å²) in [6.07, 6.45) is -1.53. The maximum atomic E-state index is 9.47. The van der Waals surface area contributed by atoms with Gasteiger partial charge in [-0.3, -0.25) is 9.80 Å². The first-order valence-electron chi connectivity index (χ1n) is 11.6. The highest BCUT2D eigenvalue weighted by atomic mass is 16.5. The quantitative estimate of drug-likeness (QED) is 0.201. The maximum absolute atomic E-state index is 9.47. The molecule has 0 bridgehead atoms. The van der Waals surface area contributed by atoms with Gasteiger partial charge in [0.25, 0.3) is 0 Å². The minimum atomic E-state index is -0.493. The Morgan fingerprint density at radius 2 is 0.903 bits per heavy atom. The lowest BCUT2D eigenvalue weighted by atomic mass is 10.2. The Kier molecular flexibility index (Phi) is 17.9. The molecular formula is C22H49N3O6. The third-order valence-corrected chi connectivity index (χ3v) is 4.59. The van der Waals surface area contributed by atoms with Crippen molar-refractivity contribution in [3.63, 3.8) is 0 Å². The second kappa shape index (κ2) is 18.1. The summed E-state index contributed by atoms with van der Waals surface area (Å²) in [6.45, 7) is 17.2. The van der Waals surface area contributed by atoms with Crippen molar-refractivity contribution in [3.8, 4) is 0 Å². The Morgan fingerprint density at radius 1 is 0.581 bits per heavy atom. The first-order chi connectivity index (χ1) is 14.5. The molecule has 31 heavy (non-hydrogen) atoms. The van der Waals surface area contributed by atoms with E-state index in [9.17, 15) is 15.3 Å². The van der Waals surface area contributed by atoms with E-state index in [-0.39, 0.29) is 18.3 Å². The summed E-state index contributed by atoms with van der Waals surface area (Å²) >= 11 is 0. The smallest absolute Gasteiger partial charge is 0.0745 e. The molecule has 0 spiro atoms. The molecule has 0 aromatic heterocycles. The zero-order chi connectivity index (χ0) is 23.8. The van der Waals surface area contributed by atoms with Gasteiger partial charge in [-0.15, -0.1) is 0 Å². The predicted molar refractivity (Wildman–Crippen MR) is 123 cm³/mol. The fraction of sp³-hybridized carbons (Fsp3) is 1.00. The van der Waals surface area contributed by atoms with Gasteiger partial charge >= 0.3 is 0 Å². The number of aliphatic hydroxyl groups excluding tert-OH is 3. The van der Waals surface area contributed by atoms with E-state index in [1.807, 2.05) is 20.8 Å². The molecule has 0 aromatic carbocycles. The molecule has 9 nitrogen and oxygen atoms in total. The summed E-state index contributed by atoms with van der Waals surface area (Å²) in [5.41, 5.74) is 5.81. The highest BCUT2D eigenvalue weighted by molar-refractivity contribution is 4.71. The number of rotatable bonds is 20. The summed E-state index contributed by atoms with van der Waals surface area (Å²) in [4.78, 5) is 4.55. The summed E-state index contributed by atoms with van der Waals surface area (Å²) in [7, 11) is 0. The van der Waals surface area contributed by atoms with E-state index in [0.717, 1.165) is 26.2 Å². The van der Waals surface area contributed by atoms with E-state index in [1.54, 1.807) is 20.8 Å². The Balaban J connectivity index is 4.81. The Morgan fingerprint density at radius 3 is 1.23 bits per heavy atom. The van der Waals surface area contributed by atoms with Crippen LogP contribution in [-0.2, 0) is 14.2 Å². The molecule has 6 atom stereocenters. The van der Waals surface area contributed by atoms with Gasteiger partial charge in [-0.1, -0.05) is 0 Å². The van der Waals surface area contributed by atoms with Gasteiger partial charge in [0.2, 0.25) is 0 Å². The predicted octanol–water partition coefficient (Wildman–Crippen LogP) is -0.0932. The highest BCUT2D eigenvalue weighted by Gasteiger charge is 2.18. The second-order valence-corrected chi connectivity index (χ2v) is 8.83. The van der Waals surface area contributed by atoms with Crippen LogP contribution < -0.4 is 5.73 Å². The number of nitrogens with zero attached hydrogens (tertiary/aromatic N) is 2. The molecule has 0 aliphatic carbocycles. The molecule has 0 fully saturated rings. The van der Waals surface area contributed by atoms with E-state index in [0.29, 0.717) is 39.5 Å². The number of hydrogen-bond acceptors (Lipinski definition) is 9. The van der Waals surface area contributed by atoms with E-state index >= 15 is 0 Å². The minimum absolute atomic E-state index is 0.00352. The second-order valence-electron chi connectivity index (χ2n) is 8.83. The zero-order valence-corrected chi connectivity index (χ0v) is 20.6. The Hall–Kier alpha value is -0.360. The molecule has 0 aliphatic heterocycles. The van der Waals surface area contributed by atoms with Crippen LogP contribution in [0.15, 0.2) is 0 Å². The van der Waals surface area contributed by atoms with Crippen molar-refractivity contribution < 1.29 is 29.5 Å². The summed E-state index contributed by atoms with van der Waals surface area (Å²) in [5.74, 6) is 0. The van der Waals surface area contributed by atoms with Crippen LogP contribution >= 0.6 is 0 Å². The van der Waals surface area contributed by atoms with E-state index in [1.165, 1.54) is 0 Å². The topological polar surface area (TPSA) is 121 Å². The van der Waals surface area contributed by atoms with E-state index < -0.39 is 18.3 Å². The number of hydrogen-bond donors (Lipinski definition) is 4. The van der Waals surface area contributed by atoms with E-state index in [2.05, 4.69) is 9.80 Å². The lowest BCUT2D eigenvalue weighted by Crippen LogP contribution is -2.45. The summed E-state index contributed by atoms with van der Waals surface area (Å²) in [6, 6.07) is 0. The zero-order valence-electron chi connectivity index (χ0n) is 20.6. The molecule has 0 saturated carbocycles. The molecular weight excluding hydrogens is 402 g/mol. The molecule has 9 heteroatoms. The van der Waals surface area contributed by atoms with Crippen molar-refractivity contribution in [2.24, 2.45) is 5.73 Å². The monoisotopic (exact) mass is 451 g/mol. The van der Waals surface area contributed by atoms with Crippen LogP contribution in [-0.4, -0.2) is 127 Å². The average Bonchev–Trinajstić information content (AvgIpc) is 2.67. The van der Waals surface area contributed by atoms with Crippen molar-refractivity contribution in [3.05, 3.63) is 0 Å². The van der Waals surface area contributed by atoms with Crippen LogP contribution in [0.3, 0.4) is 0 Å². The standard InChI is InChI=1S/C22H49N3O6/c1-17(26)14-29-20(4)11-24(8-7-23)9-10-25(12-21(5)30-15-18(2)27)13-22(6)31-16-19(3)28/h17-22,26-28H,7-16,23H2,1-6H3. The fourth-order valence-electron chi connectivity index (χ4n) is 3.18. The van der Waals surface area contributed by atoms with Gasteiger partial charge < -0.3 is 35.3 Å². The first-order valence-corrected chi connectivity index (χ1v) is 11.6. The molecule has 6 unspecified atom stereocenters. The van der Waals surface area contributed by atoms with Crippen LogP contribution in [0.4, 0.5) is 0 Å². The van der Waals surface area contributed by atoms with Crippen LogP contribution in [0.5, 0.6) is 0 Å². The normalized spacial score (nSPS) is 18.2. The van der Waals surface area contributed by atoms with Gasteiger partial charge in [0.1, 0.15) is 0 Å². The molecule has 0 radical (unpaired) electrons. The average molecular weight is 452 g/mol. The first kappa shape index (κ1) is 30.6. The molecule has 0 aliphatic rings. The van der Waals surface area contributed by atoms with Gasteiger partial charge in [-0.05, 0) is 41.5 Å².